The van der Waals surface area contributed by atoms with Crippen molar-refractivity contribution in [1.29, 1.82) is 0 Å². The number of carbonyl (C=O) groups is 1. The molecule has 1 aliphatic heterocycles. The zero-order chi connectivity index (χ0) is 17.1. The molecule has 24 heavy (non-hydrogen) atoms. The first kappa shape index (κ1) is 16.3. The van der Waals surface area contributed by atoms with Crippen molar-refractivity contribution in [3.8, 4) is 11.4 Å². The van der Waals surface area contributed by atoms with Gasteiger partial charge >= 0.3 is 0 Å². The number of benzene rings is 1. The molecule has 0 radical (unpaired) electrons. The van der Waals surface area contributed by atoms with Crippen LogP contribution in [0.1, 0.15) is 18.4 Å². The molecule has 0 spiro atoms. The summed E-state index contributed by atoms with van der Waals surface area (Å²) in [6.45, 7) is 1.66. The Bertz CT molecular complexity index is 742. The number of halogens is 2. The number of H-pyrrole nitrogens is 1. The van der Waals surface area contributed by atoms with Gasteiger partial charge in [0, 0.05) is 12.5 Å². The van der Waals surface area contributed by atoms with Crippen molar-refractivity contribution in [2.45, 2.75) is 19.4 Å². The van der Waals surface area contributed by atoms with Crippen molar-refractivity contribution in [2.24, 2.45) is 5.92 Å². The minimum absolute atomic E-state index is 0.0237. The number of nitrogens with one attached hydrogen (secondary N) is 3. The molecular formula is C15H18F2N6O. The number of nitrogen functional groups attached to an aromatic ring is 1. The molecular weight excluding hydrogens is 318 g/mol. The summed E-state index contributed by atoms with van der Waals surface area (Å²) in [4.78, 5) is 16.1. The minimum atomic E-state index is -1.06. The number of anilines is 1. The number of rotatable bonds is 4. The number of piperidine rings is 1. The SMILES string of the molecule is Nc1n[nH]c(-c2c(CNC(=O)C3CCNCC3)ccc(F)c2F)n1. The van der Waals surface area contributed by atoms with Crippen LogP contribution in [0.3, 0.4) is 0 Å². The standard InChI is InChI=1S/C15H18F2N6O/c16-10-2-1-9(7-20-14(24)8-3-5-19-6-4-8)11(12(10)17)13-21-15(18)23-22-13/h1-2,8,19H,3-7H2,(H,20,24)(H3,18,21,22,23). The molecule has 1 aliphatic rings. The van der Waals surface area contributed by atoms with Crippen LogP contribution < -0.4 is 16.4 Å². The van der Waals surface area contributed by atoms with Crippen LogP contribution in [0.2, 0.25) is 0 Å². The Morgan fingerprint density at radius 1 is 1.33 bits per heavy atom. The fourth-order valence-electron chi connectivity index (χ4n) is 2.79. The highest BCUT2D eigenvalue weighted by Crippen LogP contribution is 2.26. The van der Waals surface area contributed by atoms with Gasteiger partial charge < -0.3 is 16.4 Å². The topological polar surface area (TPSA) is 109 Å². The normalized spacial score (nSPS) is 15.4. The lowest BCUT2D eigenvalue weighted by atomic mass is 9.97. The van der Waals surface area contributed by atoms with Crippen LogP contribution in [0.25, 0.3) is 11.4 Å². The molecule has 1 saturated heterocycles. The summed E-state index contributed by atoms with van der Waals surface area (Å²) in [7, 11) is 0. The summed E-state index contributed by atoms with van der Waals surface area (Å²) >= 11 is 0. The van der Waals surface area contributed by atoms with Gasteiger partial charge in [0.15, 0.2) is 17.5 Å². The number of hydrogen-bond acceptors (Lipinski definition) is 5. The van der Waals surface area contributed by atoms with Crippen molar-refractivity contribution in [1.82, 2.24) is 25.8 Å². The maximum Gasteiger partial charge on any atom is 0.239 e. The van der Waals surface area contributed by atoms with E-state index < -0.39 is 11.6 Å². The third-order valence-electron chi connectivity index (χ3n) is 4.08. The number of nitrogens with two attached hydrogens (primary N) is 1. The van der Waals surface area contributed by atoms with Crippen molar-refractivity contribution in [3.63, 3.8) is 0 Å². The Kier molecular flexibility index (Phi) is 4.70. The Morgan fingerprint density at radius 3 is 2.75 bits per heavy atom. The summed E-state index contributed by atoms with van der Waals surface area (Å²) in [6.07, 6.45) is 1.52. The quantitative estimate of drug-likeness (QED) is 0.665. The van der Waals surface area contributed by atoms with Crippen LogP contribution in [0.15, 0.2) is 12.1 Å². The van der Waals surface area contributed by atoms with E-state index in [-0.39, 0.29) is 35.7 Å². The van der Waals surface area contributed by atoms with E-state index in [1.165, 1.54) is 6.07 Å². The minimum Gasteiger partial charge on any atom is -0.366 e. The van der Waals surface area contributed by atoms with Crippen LogP contribution in [0.4, 0.5) is 14.7 Å². The molecule has 7 nitrogen and oxygen atoms in total. The smallest absolute Gasteiger partial charge is 0.239 e. The van der Waals surface area contributed by atoms with Gasteiger partial charge in [-0.1, -0.05) is 6.07 Å². The molecule has 0 atom stereocenters. The first-order valence-electron chi connectivity index (χ1n) is 7.70. The maximum absolute atomic E-state index is 14.2. The third kappa shape index (κ3) is 3.35. The highest BCUT2D eigenvalue weighted by atomic mass is 19.2. The first-order chi connectivity index (χ1) is 11.6. The van der Waals surface area contributed by atoms with Gasteiger partial charge in [-0.15, -0.1) is 5.10 Å². The molecule has 2 aromatic rings. The van der Waals surface area contributed by atoms with Crippen molar-refractivity contribution in [2.75, 3.05) is 18.8 Å². The van der Waals surface area contributed by atoms with E-state index in [1.807, 2.05) is 0 Å². The molecule has 1 aromatic carbocycles. The van der Waals surface area contributed by atoms with E-state index in [9.17, 15) is 13.6 Å². The van der Waals surface area contributed by atoms with Gasteiger partial charge in [-0.05, 0) is 37.6 Å². The molecule has 1 fully saturated rings. The highest BCUT2D eigenvalue weighted by Gasteiger charge is 2.22. The summed E-state index contributed by atoms with van der Waals surface area (Å²) in [5, 5.41) is 12.1. The zero-order valence-corrected chi connectivity index (χ0v) is 12.9. The van der Waals surface area contributed by atoms with Gasteiger partial charge in [-0.2, -0.15) is 4.98 Å². The summed E-state index contributed by atoms with van der Waals surface area (Å²) in [5.41, 5.74) is 5.75. The molecule has 2 heterocycles. The summed E-state index contributed by atoms with van der Waals surface area (Å²) < 4.78 is 27.8. The Hall–Kier alpha value is -2.55. The number of nitrogens with zero attached hydrogens (tertiary/aromatic N) is 2. The van der Waals surface area contributed by atoms with Crippen LogP contribution in [-0.2, 0) is 11.3 Å². The second-order valence-electron chi connectivity index (χ2n) is 5.68. The van der Waals surface area contributed by atoms with Gasteiger partial charge in [-0.3, -0.25) is 9.89 Å². The van der Waals surface area contributed by atoms with Gasteiger partial charge in [0.2, 0.25) is 11.9 Å². The summed E-state index contributed by atoms with van der Waals surface area (Å²) in [6, 6.07) is 2.43. The van der Waals surface area contributed by atoms with Crippen molar-refractivity contribution < 1.29 is 13.6 Å². The maximum atomic E-state index is 14.2. The fraction of sp³-hybridized carbons (Fsp3) is 0.400. The first-order valence-corrected chi connectivity index (χ1v) is 7.70. The van der Waals surface area contributed by atoms with Crippen molar-refractivity contribution >= 4 is 11.9 Å². The third-order valence-corrected chi connectivity index (χ3v) is 4.08. The van der Waals surface area contributed by atoms with Gasteiger partial charge in [0.25, 0.3) is 0 Å². The zero-order valence-electron chi connectivity index (χ0n) is 12.9. The molecule has 5 N–H and O–H groups in total. The van der Waals surface area contributed by atoms with Crippen molar-refractivity contribution in [3.05, 3.63) is 29.3 Å². The molecule has 1 amide bonds. The average Bonchev–Trinajstić information content (AvgIpc) is 3.02. The van der Waals surface area contributed by atoms with Gasteiger partial charge in [-0.25, -0.2) is 8.78 Å². The summed E-state index contributed by atoms with van der Waals surface area (Å²) in [5.74, 6) is -2.27. The number of aromatic nitrogens is 3. The number of aromatic amines is 1. The molecule has 0 bridgehead atoms. The molecule has 1 aromatic heterocycles. The Labute approximate surface area is 137 Å². The number of carbonyl (C=O) groups excluding carboxylic acids is 1. The lowest BCUT2D eigenvalue weighted by Gasteiger charge is -2.22. The lowest BCUT2D eigenvalue weighted by Crippen LogP contribution is -2.38. The molecule has 0 saturated carbocycles. The van der Waals surface area contributed by atoms with E-state index >= 15 is 0 Å². The second kappa shape index (κ2) is 6.91. The molecule has 0 aliphatic carbocycles. The van der Waals surface area contributed by atoms with Crippen LogP contribution in [0.5, 0.6) is 0 Å². The highest BCUT2D eigenvalue weighted by molar-refractivity contribution is 5.79. The fourth-order valence-corrected chi connectivity index (χ4v) is 2.79. The lowest BCUT2D eigenvalue weighted by molar-refractivity contribution is -0.125. The molecule has 3 rings (SSSR count). The average molecular weight is 336 g/mol. The Balaban J connectivity index is 1.80. The van der Waals surface area contributed by atoms with Gasteiger partial charge in [0.05, 0.1) is 5.56 Å². The van der Waals surface area contributed by atoms with Crippen LogP contribution in [0, 0.1) is 17.6 Å². The molecule has 9 heteroatoms. The van der Waals surface area contributed by atoms with E-state index in [2.05, 4.69) is 25.8 Å². The second-order valence-corrected chi connectivity index (χ2v) is 5.68. The monoisotopic (exact) mass is 336 g/mol. The van der Waals surface area contributed by atoms with Gasteiger partial charge in [0.1, 0.15) is 0 Å². The number of hydrogen-bond donors (Lipinski definition) is 4. The molecule has 128 valence electrons. The largest absolute Gasteiger partial charge is 0.366 e. The van der Waals surface area contributed by atoms with E-state index in [0.29, 0.717) is 5.56 Å². The van der Waals surface area contributed by atoms with Crippen LogP contribution in [-0.4, -0.2) is 34.2 Å². The molecule has 0 unspecified atom stereocenters. The Morgan fingerprint density at radius 2 is 2.08 bits per heavy atom. The predicted molar refractivity (Wildman–Crippen MR) is 83.6 cm³/mol. The van der Waals surface area contributed by atoms with Crippen LogP contribution >= 0.6 is 0 Å². The van der Waals surface area contributed by atoms with E-state index in [4.69, 9.17) is 5.73 Å². The van der Waals surface area contributed by atoms with E-state index in [1.54, 1.807) is 0 Å². The predicted octanol–water partition coefficient (Wildman–Crippen LogP) is 0.948. The van der Waals surface area contributed by atoms with E-state index in [0.717, 1.165) is 32.0 Å². The number of amides is 1.